The summed E-state index contributed by atoms with van der Waals surface area (Å²) in [6, 6.07) is -0.614. The van der Waals surface area contributed by atoms with Crippen molar-refractivity contribution in [3.63, 3.8) is 0 Å². The van der Waals surface area contributed by atoms with E-state index in [2.05, 4.69) is 19.2 Å². The van der Waals surface area contributed by atoms with E-state index >= 15 is 0 Å². The lowest BCUT2D eigenvalue weighted by molar-refractivity contribution is -0.123. The molecule has 1 amide bonds. The van der Waals surface area contributed by atoms with Gasteiger partial charge in [-0.15, -0.1) is 0 Å². The summed E-state index contributed by atoms with van der Waals surface area (Å²) in [7, 11) is 0. The number of hydrogen-bond donors (Lipinski definition) is 3. The summed E-state index contributed by atoms with van der Waals surface area (Å²) in [4.78, 5) is 12.3. The van der Waals surface area contributed by atoms with Crippen LogP contribution in [0.2, 0.25) is 0 Å². The Hall–Kier alpha value is -0.870. The fourth-order valence-electron chi connectivity index (χ4n) is 5.65. The lowest BCUT2D eigenvalue weighted by Crippen LogP contribution is -2.45. The van der Waals surface area contributed by atoms with Crippen molar-refractivity contribution in [2.24, 2.45) is 0 Å². The third-order valence-electron chi connectivity index (χ3n) is 8.52. The summed E-state index contributed by atoms with van der Waals surface area (Å²) in [6.45, 7) is 4.30. The Bertz CT molecular complexity index is 550. The van der Waals surface area contributed by atoms with Gasteiger partial charge in [-0.2, -0.15) is 0 Å². The van der Waals surface area contributed by atoms with Crippen molar-refractivity contribution < 1.29 is 15.0 Å². The van der Waals surface area contributed by atoms with Gasteiger partial charge in [0.2, 0.25) is 5.91 Å². The van der Waals surface area contributed by atoms with Crippen molar-refractivity contribution in [3.05, 3.63) is 12.2 Å². The van der Waals surface area contributed by atoms with Crippen LogP contribution >= 0.6 is 0 Å². The minimum Gasteiger partial charge on any atom is -0.394 e. The van der Waals surface area contributed by atoms with Crippen LogP contribution < -0.4 is 5.32 Å². The molecule has 0 aromatic carbocycles. The number of carbonyl (C=O) groups is 1. The van der Waals surface area contributed by atoms with Crippen molar-refractivity contribution in [3.8, 4) is 0 Å². The maximum absolute atomic E-state index is 12.3. The van der Waals surface area contributed by atoms with Gasteiger partial charge in [0.25, 0.3) is 0 Å². The van der Waals surface area contributed by atoms with E-state index in [0.717, 1.165) is 25.7 Å². The molecule has 0 aromatic rings. The lowest BCUT2D eigenvalue weighted by atomic mass is 10.0. The van der Waals surface area contributed by atoms with Crippen LogP contribution in [0.1, 0.15) is 200 Å². The molecule has 2 atom stereocenters. The minimum atomic E-state index is -0.831. The van der Waals surface area contributed by atoms with E-state index < -0.39 is 12.1 Å². The van der Waals surface area contributed by atoms with Gasteiger partial charge in [-0.3, -0.25) is 4.79 Å². The summed E-state index contributed by atoms with van der Waals surface area (Å²) in [5.74, 6) is -0.0628. The van der Waals surface area contributed by atoms with E-state index in [1.165, 1.54) is 154 Å². The molecule has 4 heteroatoms. The Morgan fingerprint density at radius 2 is 0.902 bits per heavy atom. The molecule has 0 fully saturated rings. The number of unbranched alkanes of at least 4 members (excludes halogenated alkanes) is 26. The molecule has 0 aliphatic heterocycles. The summed E-state index contributed by atoms with van der Waals surface area (Å²) < 4.78 is 0. The molecule has 2 unspecified atom stereocenters. The monoisotopic (exact) mass is 580 g/mol. The Morgan fingerprint density at radius 3 is 1.27 bits per heavy atom. The zero-order valence-corrected chi connectivity index (χ0v) is 27.8. The van der Waals surface area contributed by atoms with Crippen molar-refractivity contribution in [2.45, 2.75) is 212 Å². The van der Waals surface area contributed by atoms with Gasteiger partial charge in [-0.1, -0.05) is 187 Å². The van der Waals surface area contributed by atoms with Crippen LogP contribution in [0, 0.1) is 0 Å². The average Bonchev–Trinajstić information content (AvgIpc) is 2.97. The van der Waals surface area contributed by atoms with Crippen molar-refractivity contribution >= 4 is 5.91 Å². The van der Waals surface area contributed by atoms with Gasteiger partial charge in [0.05, 0.1) is 18.8 Å². The second-order valence-corrected chi connectivity index (χ2v) is 12.7. The summed E-state index contributed by atoms with van der Waals surface area (Å²) >= 11 is 0. The summed E-state index contributed by atoms with van der Waals surface area (Å²) in [5.41, 5.74) is 0. The number of nitrogens with one attached hydrogen (secondary N) is 1. The number of aliphatic hydroxyl groups excluding tert-OH is 2. The molecule has 0 aliphatic carbocycles. The van der Waals surface area contributed by atoms with Gasteiger partial charge in [0.15, 0.2) is 0 Å². The zero-order chi connectivity index (χ0) is 30.1. The highest BCUT2D eigenvalue weighted by molar-refractivity contribution is 5.76. The van der Waals surface area contributed by atoms with Crippen molar-refractivity contribution in [1.29, 1.82) is 0 Å². The quantitative estimate of drug-likeness (QED) is 0.0535. The van der Waals surface area contributed by atoms with Gasteiger partial charge >= 0.3 is 0 Å². The van der Waals surface area contributed by atoms with Crippen LogP contribution in [0.5, 0.6) is 0 Å². The first kappa shape index (κ1) is 40.1. The topological polar surface area (TPSA) is 69.6 Å². The van der Waals surface area contributed by atoms with Gasteiger partial charge in [0, 0.05) is 6.42 Å². The number of carbonyl (C=O) groups excluding carboxylic acids is 1. The molecule has 0 bridgehead atoms. The smallest absolute Gasteiger partial charge is 0.220 e. The van der Waals surface area contributed by atoms with Gasteiger partial charge < -0.3 is 15.5 Å². The predicted molar refractivity (Wildman–Crippen MR) is 179 cm³/mol. The maximum Gasteiger partial charge on any atom is 0.220 e. The first-order valence-corrected chi connectivity index (χ1v) is 18.4. The third-order valence-corrected chi connectivity index (χ3v) is 8.52. The van der Waals surface area contributed by atoms with Gasteiger partial charge in [0.1, 0.15) is 0 Å². The Balaban J connectivity index is 3.58. The average molecular weight is 580 g/mol. The molecule has 0 radical (unpaired) electrons. The number of allylic oxidation sites excluding steroid dienone is 1. The molecule has 0 rings (SSSR count). The van der Waals surface area contributed by atoms with E-state index in [4.69, 9.17) is 0 Å². The van der Waals surface area contributed by atoms with Crippen LogP contribution in [0.3, 0.4) is 0 Å². The normalized spacial score (nSPS) is 13.2. The van der Waals surface area contributed by atoms with E-state index in [0.29, 0.717) is 6.42 Å². The first-order valence-electron chi connectivity index (χ1n) is 18.4. The first-order chi connectivity index (χ1) is 20.2. The van der Waals surface area contributed by atoms with Gasteiger partial charge in [-0.05, 0) is 19.3 Å². The molecule has 0 heterocycles. The number of rotatable bonds is 33. The van der Waals surface area contributed by atoms with Crippen LogP contribution in [-0.4, -0.2) is 34.9 Å². The highest BCUT2D eigenvalue weighted by Gasteiger charge is 2.17. The van der Waals surface area contributed by atoms with Crippen LogP contribution in [0.4, 0.5) is 0 Å². The fourth-order valence-corrected chi connectivity index (χ4v) is 5.65. The Labute approximate surface area is 256 Å². The zero-order valence-electron chi connectivity index (χ0n) is 27.8. The van der Waals surface area contributed by atoms with Gasteiger partial charge in [-0.25, -0.2) is 0 Å². The molecule has 0 aromatic heterocycles. The van der Waals surface area contributed by atoms with E-state index in [1.807, 2.05) is 6.08 Å². The van der Waals surface area contributed by atoms with Crippen LogP contribution in [-0.2, 0) is 4.79 Å². The molecule has 0 aliphatic rings. The standard InChI is InChI=1S/C37H73NO3/c1-3-5-7-9-11-13-15-17-18-19-21-23-25-27-29-31-33-37(41)38-35(34-39)36(40)32-30-28-26-24-22-20-16-14-12-10-8-6-4-2/h30,32,35-36,39-40H,3-29,31,33-34H2,1-2H3,(H,38,41)/b32-30+. The predicted octanol–water partition coefficient (Wildman–Crippen LogP) is 10.7. The third kappa shape index (κ3) is 30.4. The number of amides is 1. The van der Waals surface area contributed by atoms with Crippen molar-refractivity contribution in [1.82, 2.24) is 5.32 Å². The minimum absolute atomic E-state index is 0.0628. The molecule has 41 heavy (non-hydrogen) atoms. The molecule has 0 spiro atoms. The Kier molecular flexibility index (Phi) is 32.9. The maximum atomic E-state index is 12.3. The fraction of sp³-hybridized carbons (Fsp3) is 0.919. The van der Waals surface area contributed by atoms with Crippen molar-refractivity contribution in [2.75, 3.05) is 6.61 Å². The molecular weight excluding hydrogens is 506 g/mol. The summed E-state index contributed by atoms with van der Waals surface area (Å²) in [5, 5.41) is 22.9. The molecular formula is C37H73NO3. The largest absolute Gasteiger partial charge is 0.394 e. The Morgan fingerprint density at radius 1 is 0.561 bits per heavy atom. The molecule has 3 N–H and O–H groups in total. The second kappa shape index (κ2) is 33.6. The number of hydrogen-bond acceptors (Lipinski definition) is 3. The molecule has 4 nitrogen and oxygen atoms in total. The number of aliphatic hydroxyl groups is 2. The van der Waals surface area contributed by atoms with Crippen LogP contribution in [0.15, 0.2) is 12.2 Å². The highest BCUT2D eigenvalue weighted by atomic mass is 16.3. The van der Waals surface area contributed by atoms with E-state index in [9.17, 15) is 15.0 Å². The van der Waals surface area contributed by atoms with E-state index in [-0.39, 0.29) is 12.5 Å². The SMILES string of the molecule is CCCCCCCCCCCCC/C=C/C(O)C(CO)NC(=O)CCCCCCCCCCCCCCCCCC. The molecule has 0 saturated heterocycles. The van der Waals surface area contributed by atoms with Crippen LogP contribution in [0.25, 0.3) is 0 Å². The van der Waals surface area contributed by atoms with E-state index in [1.54, 1.807) is 6.08 Å². The molecule has 244 valence electrons. The summed E-state index contributed by atoms with van der Waals surface area (Å²) in [6.07, 6.45) is 40.0. The highest BCUT2D eigenvalue weighted by Crippen LogP contribution is 2.15. The second-order valence-electron chi connectivity index (χ2n) is 12.7. The molecule has 0 saturated carbocycles. The lowest BCUT2D eigenvalue weighted by Gasteiger charge is -2.20.